The molecule has 1 heterocycles. The minimum absolute atomic E-state index is 0.163. The number of hydrogen-bond donors (Lipinski definition) is 2. The van der Waals surface area contributed by atoms with E-state index in [9.17, 15) is 9.59 Å². The Morgan fingerprint density at radius 1 is 1.03 bits per heavy atom. The second-order valence-corrected chi connectivity index (χ2v) is 6.99. The largest absolute Gasteiger partial charge is 0.490 e. The van der Waals surface area contributed by atoms with Gasteiger partial charge in [0.1, 0.15) is 5.76 Å². The zero-order valence-electron chi connectivity index (χ0n) is 16.9. The van der Waals surface area contributed by atoms with Crippen LogP contribution < -0.4 is 15.4 Å². The Morgan fingerprint density at radius 3 is 2.52 bits per heavy atom. The van der Waals surface area contributed by atoms with Crippen LogP contribution in [-0.2, 0) is 4.79 Å². The number of nitrogens with one attached hydrogen (secondary N) is 2. The monoisotopic (exact) mass is 394 g/mol. The van der Waals surface area contributed by atoms with Gasteiger partial charge < -0.3 is 19.8 Å². The molecule has 3 aromatic rings. The molecule has 1 aromatic heterocycles. The summed E-state index contributed by atoms with van der Waals surface area (Å²) in [5.41, 5.74) is 1.24. The van der Waals surface area contributed by atoms with Gasteiger partial charge >= 0.3 is 0 Å². The summed E-state index contributed by atoms with van der Waals surface area (Å²) in [6.45, 7) is 6.14. The van der Waals surface area contributed by atoms with Crippen LogP contribution in [0.5, 0.6) is 5.75 Å². The molecule has 0 aliphatic carbocycles. The summed E-state index contributed by atoms with van der Waals surface area (Å²) in [6, 6.07) is 16.0. The number of para-hydroxylation sites is 1. The van der Waals surface area contributed by atoms with Crippen molar-refractivity contribution in [3.05, 3.63) is 65.9 Å². The van der Waals surface area contributed by atoms with Crippen molar-refractivity contribution in [1.29, 1.82) is 0 Å². The highest BCUT2D eigenvalue weighted by Gasteiger charge is 2.18. The lowest BCUT2D eigenvalue weighted by Crippen LogP contribution is -2.37. The molecule has 0 spiro atoms. The van der Waals surface area contributed by atoms with Gasteiger partial charge in [-0.05, 0) is 45.0 Å². The van der Waals surface area contributed by atoms with E-state index in [0.717, 1.165) is 5.39 Å². The molecule has 0 aliphatic rings. The summed E-state index contributed by atoms with van der Waals surface area (Å²) in [5, 5.41) is 6.70. The minimum Gasteiger partial charge on any atom is -0.490 e. The fourth-order valence-corrected chi connectivity index (χ4v) is 3.14. The zero-order valence-corrected chi connectivity index (χ0v) is 16.9. The van der Waals surface area contributed by atoms with Crippen molar-refractivity contribution in [1.82, 2.24) is 10.6 Å². The average molecular weight is 394 g/mol. The molecule has 0 bridgehead atoms. The lowest BCUT2D eigenvalue weighted by molar-refractivity contribution is -0.122. The van der Waals surface area contributed by atoms with Crippen LogP contribution in [0.1, 0.15) is 49.4 Å². The summed E-state index contributed by atoms with van der Waals surface area (Å²) >= 11 is 0. The van der Waals surface area contributed by atoms with Gasteiger partial charge in [0.25, 0.3) is 5.91 Å². The van der Waals surface area contributed by atoms with Crippen molar-refractivity contribution >= 4 is 22.8 Å². The quantitative estimate of drug-likeness (QED) is 0.599. The summed E-state index contributed by atoms with van der Waals surface area (Å²) in [6.07, 6.45) is 0.174. The van der Waals surface area contributed by atoms with Crippen molar-refractivity contribution < 1.29 is 18.7 Å². The number of hydrogen-bond acceptors (Lipinski definition) is 4. The Kier molecular flexibility index (Phi) is 6.54. The van der Waals surface area contributed by atoms with E-state index < -0.39 is 0 Å². The average Bonchev–Trinajstić information content (AvgIpc) is 3.14. The van der Waals surface area contributed by atoms with Crippen LogP contribution in [0.3, 0.4) is 0 Å². The second kappa shape index (κ2) is 9.28. The van der Waals surface area contributed by atoms with Gasteiger partial charge in [0, 0.05) is 23.4 Å². The van der Waals surface area contributed by atoms with E-state index in [4.69, 9.17) is 9.15 Å². The SMILES string of the molecule is CCOc1cccc2cc(C(C)NC(=O)CC(C)NC(=O)c3ccccc3)oc12. The number of amides is 2. The molecule has 6 nitrogen and oxygen atoms in total. The number of fused-ring (bicyclic) bond motifs is 1. The summed E-state index contributed by atoms with van der Waals surface area (Å²) in [4.78, 5) is 24.6. The fraction of sp³-hybridized carbons (Fsp3) is 0.304. The van der Waals surface area contributed by atoms with E-state index in [2.05, 4.69) is 10.6 Å². The van der Waals surface area contributed by atoms with E-state index in [1.165, 1.54) is 0 Å². The molecule has 6 heteroatoms. The van der Waals surface area contributed by atoms with Crippen LogP contribution in [0.15, 0.2) is 59.0 Å². The molecule has 2 atom stereocenters. The Bertz CT molecular complexity index is 981. The van der Waals surface area contributed by atoms with E-state index in [1.807, 2.05) is 44.2 Å². The minimum atomic E-state index is -0.304. The lowest BCUT2D eigenvalue weighted by Gasteiger charge is -2.16. The number of rotatable bonds is 8. The second-order valence-electron chi connectivity index (χ2n) is 6.99. The van der Waals surface area contributed by atoms with Crippen LogP contribution in [-0.4, -0.2) is 24.5 Å². The number of carbonyl (C=O) groups is 2. The fourth-order valence-electron chi connectivity index (χ4n) is 3.14. The molecule has 0 saturated heterocycles. The predicted molar refractivity (Wildman–Crippen MR) is 112 cm³/mol. The van der Waals surface area contributed by atoms with Gasteiger partial charge in [-0.1, -0.05) is 30.3 Å². The van der Waals surface area contributed by atoms with Gasteiger partial charge in [0.2, 0.25) is 5.91 Å². The molecule has 29 heavy (non-hydrogen) atoms. The highest BCUT2D eigenvalue weighted by Crippen LogP contribution is 2.31. The van der Waals surface area contributed by atoms with Crippen LogP contribution in [0.4, 0.5) is 0 Å². The van der Waals surface area contributed by atoms with Crippen molar-refractivity contribution in [2.75, 3.05) is 6.61 Å². The number of benzene rings is 2. The normalized spacial score (nSPS) is 12.9. The number of furan rings is 1. The molecule has 0 radical (unpaired) electrons. The maximum absolute atomic E-state index is 12.4. The Morgan fingerprint density at radius 2 is 1.79 bits per heavy atom. The molecule has 0 fully saturated rings. The van der Waals surface area contributed by atoms with Crippen LogP contribution in [0, 0.1) is 0 Å². The Labute approximate surface area is 170 Å². The third-order valence-electron chi connectivity index (χ3n) is 4.54. The van der Waals surface area contributed by atoms with E-state index in [-0.39, 0.29) is 30.3 Å². The van der Waals surface area contributed by atoms with Crippen molar-refractivity contribution in [3.63, 3.8) is 0 Å². The van der Waals surface area contributed by atoms with Gasteiger partial charge in [-0.25, -0.2) is 0 Å². The predicted octanol–water partition coefficient (Wildman–Crippen LogP) is 4.22. The number of carbonyl (C=O) groups excluding carboxylic acids is 2. The summed E-state index contributed by atoms with van der Waals surface area (Å²) < 4.78 is 11.5. The third-order valence-corrected chi connectivity index (χ3v) is 4.54. The molecular formula is C23H26N2O4. The Hall–Kier alpha value is -3.28. The van der Waals surface area contributed by atoms with Gasteiger partial charge in [0.05, 0.1) is 12.6 Å². The first-order valence-electron chi connectivity index (χ1n) is 9.78. The van der Waals surface area contributed by atoms with Crippen molar-refractivity contribution in [2.24, 2.45) is 0 Å². The Balaban J connectivity index is 1.58. The van der Waals surface area contributed by atoms with Crippen LogP contribution >= 0.6 is 0 Å². The maximum Gasteiger partial charge on any atom is 0.251 e. The molecule has 2 aromatic carbocycles. The van der Waals surface area contributed by atoms with E-state index >= 15 is 0 Å². The van der Waals surface area contributed by atoms with Gasteiger partial charge in [0.15, 0.2) is 11.3 Å². The van der Waals surface area contributed by atoms with Crippen LogP contribution in [0.2, 0.25) is 0 Å². The van der Waals surface area contributed by atoms with Crippen molar-refractivity contribution in [3.8, 4) is 5.75 Å². The molecular weight excluding hydrogens is 368 g/mol. The molecule has 2 amide bonds. The number of ether oxygens (including phenoxy) is 1. The van der Waals surface area contributed by atoms with Crippen LogP contribution in [0.25, 0.3) is 11.0 Å². The first kappa shape index (κ1) is 20.5. The summed E-state index contributed by atoms with van der Waals surface area (Å²) in [5.74, 6) is 0.983. The van der Waals surface area contributed by atoms with Gasteiger partial charge in [-0.15, -0.1) is 0 Å². The van der Waals surface area contributed by atoms with E-state index in [0.29, 0.717) is 29.3 Å². The highest BCUT2D eigenvalue weighted by molar-refractivity contribution is 5.94. The molecule has 2 unspecified atom stereocenters. The van der Waals surface area contributed by atoms with Crippen molar-refractivity contribution in [2.45, 2.75) is 39.3 Å². The molecule has 0 aliphatic heterocycles. The lowest BCUT2D eigenvalue weighted by atomic mass is 10.1. The van der Waals surface area contributed by atoms with E-state index in [1.54, 1.807) is 31.2 Å². The standard InChI is InChI=1S/C23H26N2O4/c1-4-28-19-12-8-11-18-14-20(29-22(18)19)16(3)25-21(26)13-15(2)24-23(27)17-9-6-5-7-10-17/h5-12,14-16H,4,13H2,1-3H3,(H,24,27)(H,25,26). The highest BCUT2D eigenvalue weighted by atomic mass is 16.5. The topological polar surface area (TPSA) is 80.6 Å². The molecule has 2 N–H and O–H groups in total. The third kappa shape index (κ3) is 5.16. The smallest absolute Gasteiger partial charge is 0.251 e. The molecule has 3 rings (SSSR count). The zero-order chi connectivity index (χ0) is 20.8. The first-order valence-corrected chi connectivity index (χ1v) is 9.78. The summed E-state index contributed by atoms with van der Waals surface area (Å²) in [7, 11) is 0. The van der Waals surface area contributed by atoms with Gasteiger partial charge in [-0.2, -0.15) is 0 Å². The molecule has 0 saturated carbocycles. The van der Waals surface area contributed by atoms with Gasteiger partial charge in [-0.3, -0.25) is 9.59 Å². The first-order chi connectivity index (χ1) is 14.0. The molecule has 152 valence electrons. The maximum atomic E-state index is 12.4.